The lowest BCUT2D eigenvalue weighted by atomic mass is 9.75. The Hall–Kier alpha value is -0.160. The highest BCUT2D eigenvalue weighted by atomic mass is 16.5. The van der Waals surface area contributed by atoms with Crippen molar-refractivity contribution >= 4 is 0 Å². The van der Waals surface area contributed by atoms with Gasteiger partial charge in [0.1, 0.15) is 0 Å². The third-order valence-electron chi connectivity index (χ3n) is 9.47. The fourth-order valence-electron chi connectivity index (χ4n) is 7.42. The van der Waals surface area contributed by atoms with Crippen LogP contribution in [0.4, 0.5) is 0 Å². The van der Waals surface area contributed by atoms with Gasteiger partial charge in [-0.25, -0.2) is 0 Å². The van der Waals surface area contributed by atoms with Crippen LogP contribution in [-0.2, 0) is 4.74 Å². The van der Waals surface area contributed by atoms with Crippen LogP contribution in [0.5, 0.6) is 0 Å². The Bertz CT molecular complexity index is 493. The summed E-state index contributed by atoms with van der Waals surface area (Å²) < 4.78 is 6.68. The van der Waals surface area contributed by atoms with Gasteiger partial charge in [-0.15, -0.1) is 0 Å². The van der Waals surface area contributed by atoms with Crippen molar-refractivity contribution in [3.05, 3.63) is 0 Å². The topological polar surface area (TPSA) is 52.9 Å². The first-order chi connectivity index (χ1) is 15.7. The highest BCUT2D eigenvalue weighted by molar-refractivity contribution is 4.85. The third-order valence-corrected chi connectivity index (χ3v) is 9.47. The van der Waals surface area contributed by atoms with Crippen molar-refractivity contribution in [1.82, 2.24) is 4.90 Å². The second-order valence-electron chi connectivity index (χ2n) is 11.8. The molecule has 4 fully saturated rings. The van der Waals surface area contributed by atoms with Crippen LogP contribution in [0, 0.1) is 23.7 Å². The molecule has 1 saturated heterocycles. The Labute approximate surface area is 197 Å². The quantitative estimate of drug-likeness (QED) is 0.485. The van der Waals surface area contributed by atoms with Gasteiger partial charge < -0.3 is 14.9 Å². The number of aliphatic hydroxyl groups is 2. The highest BCUT2D eigenvalue weighted by Gasteiger charge is 2.34. The van der Waals surface area contributed by atoms with Crippen LogP contribution in [0.25, 0.3) is 0 Å². The summed E-state index contributed by atoms with van der Waals surface area (Å²) in [5, 5.41) is 21.5. The molecular formula is C28H51NO3. The summed E-state index contributed by atoms with van der Waals surface area (Å²) in [5.41, 5.74) is 0. The number of ether oxygens (including phenoxy) is 1. The highest BCUT2D eigenvalue weighted by Crippen LogP contribution is 2.38. The third kappa shape index (κ3) is 7.17. The Kier molecular flexibility index (Phi) is 10.2. The minimum Gasteiger partial charge on any atom is -0.392 e. The average Bonchev–Trinajstić information content (AvgIpc) is 2.84. The van der Waals surface area contributed by atoms with Crippen molar-refractivity contribution in [1.29, 1.82) is 0 Å². The summed E-state index contributed by atoms with van der Waals surface area (Å²) in [6.07, 6.45) is 22.1. The van der Waals surface area contributed by atoms with Gasteiger partial charge in [0.15, 0.2) is 0 Å². The molecule has 4 heteroatoms. The molecule has 186 valence electrons. The Balaban J connectivity index is 1.20. The van der Waals surface area contributed by atoms with E-state index >= 15 is 0 Å². The zero-order chi connectivity index (χ0) is 22.2. The summed E-state index contributed by atoms with van der Waals surface area (Å²) in [5.74, 6) is 2.39. The minimum absolute atomic E-state index is 0.214. The molecule has 0 aromatic rings. The summed E-state index contributed by atoms with van der Waals surface area (Å²) >= 11 is 0. The van der Waals surface area contributed by atoms with Gasteiger partial charge in [-0.05, 0) is 81.6 Å². The predicted octanol–water partition coefficient (Wildman–Crippen LogP) is 5.55. The smallest absolute Gasteiger partial charge is 0.0696 e. The molecule has 3 aliphatic carbocycles. The zero-order valence-corrected chi connectivity index (χ0v) is 20.6. The zero-order valence-electron chi connectivity index (χ0n) is 20.6. The van der Waals surface area contributed by atoms with Crippen LogP contribution in [0.15, 0.2) is 0 Å². The number of likely N-dealkylation sites (tertiary alicyclic amines) is 1. The van der Waals surface area contributed by atoms with E-state index in [1.165, 1.54) is 96.3 Å². The second kappa shape index (κ2) is 13.1. The van der Waals surface area contributed by atoms with E-state index in [1.54, 1.807) is 0 Å². The van der Waals surface area contributed by atoms with Crippen molar-refractivity contribution in [2.75, 3.05) is 26.2 Å². The molecule has 4 nitrogen and oxygen atoms in total. The lowest BCUT2D eigenvalue weighted by molar-refractivity contribution is -0.0640. The summed E-state index contributed by atoms with van der Waals surface area (Å²) in [6.45, 7) is 3.31. The van der Waals surface area contributed by atoms with E-state index < -0.39 is 0 Å². The van der Waals surface area contributed by atoms with Crippen LogP contribution in [-0.4, -0.2) is 59.7 Å². The van der Waals surface area contributed by atoms with Gasteiger partial charge in [0.25, 0.3) is 0 Å². The normalized spacial score (nSPS) is 31.2. The fraction of sp³-hybridized carbons (Fsp3) is 1.00. The van der Waals surface area contributed by atoms with E-state index in [0.29, 0.717) is 17.9 Å². The molecule has 0 aromatic heterocycles. The minimum atomic E-state index is -0.270. The first-order valence-corrected chi connectivity index (χ1v) is 14.4. The monoisotopic (exact) mass is 449 g/mol. The van der Waals surface area contributed by atoms with Gasteiger partial charge in [0.05, 0.1) is 18.3 Å². The van der Waals surface area contributed by atoms with Crippen LogP contribution in [0.2, 0.25) is 0 Å². The van der Waals surface area contributed by atoms with E-state index in [9.17, 15) is 10.2 Å². The van der Waals surface area contributed by atoms with Gasteiger partial charge in [-0.2, -0.15) is 0 Å². The molecule has 1 aliphatic heterocycles. The average molecular weight is 450 g/mol. The molecule has 0 bridgehead atoms. The molecule has 1 heterocycles. The Morgan fingerprint density at radius 1 is 0.719 bits per heavy atom. The van der Waals surface area contributed by atoms with Crippen molar-refractivity contribution < 1.29 is 14.9 Å². The number of piperidine rings is 1. The largest absolute Gasteiger partial charge is 0.392 e. The van der Waals surface area contributed by atoms with Gasteiger partial charge in [0, 0.05) is 19.7 Å². The predicted molar refractivity (Wildman–Crippen MR) is 131 cm³/mol. The fourth-order valence-corrected chi connectivity index (χ4v) is 7.42. The van der Waals surface area contributed by atoms with E-state index in [-0.39, 0.29) is 12.2 Å². The molecular weight excluding hydrogens is 398 g/mol. The lowest BCUT2D eigenvalue weighted by Gasteiger charge is -2.40. The van der Waals surface area contributed by atoms with E-state index in [4.69, 9.17) is 4.74 Å². The summed E-state index contributed by atoms with van der Waals surface area (Å²) in [7, 11) is 0. The number of aliphatic hydroxyl groups excluding tert-OH is 2. The van der Waals surface area contributed by atoms with Crippen LogP contribution in [0.1, 0.15) is 109 Å². The molecule has 0 spiro atoms. The maximum Gasteiger partial charge on any atom is 0.0696 e. The van der Waals surface area contributed by atoms with Crippen LogP contribution >= 0.6 is 0 Å². The Morgan fingerprint density at radius 3 is 1.78 bits per heavy atom. The van der Waals surface area contributed by atoms with E-state index in [0.717, 1.165) is 50.9 Å². The number of β-amino-alcohol motifs (C(OH)–C–C–N with tert-alkyl or cyclic N) is 2. The van der Waals surface area contributed by atoms with Crippen molar-refractivity contribution in [2.45, 2.75) is 127 Å². The van der Waals surface area contributed by atoms with Gasteiger partial charge in [-0.3, -0.25) is 4.90 Å². The molecule has 1 unspecified atom stereocenters. The standard InChI is InChI=1S/C28H51NO3/c30-26(22-10-4-1-5-11-22)20-29-18-16-23(27(31)21-29)17-19-32-28(24-12-6-2-7-13-24)25-14-8-3-9-15-25/h22-28,30-31H,1-21H2/t23?,26-,27-/m1/s1. The number of hydrogen-bond donors (Lipinski definition) is 2. The molecule has 3 atom stereocenters. The molecule has 0 amide bonds. The molecule has 4 rings (SSSR count). The van der Waals surface area contributed by atoms with Gasteiger partial charge in [0.2, 0.25) is 0 Å². The summed E-state index contributed by atoms with van der Waals surface area (Å²) in [4.78, 5) is 2.31. The van der Waals surface area contributed by atoms with E-state index in [2.05, 4.69) is 4.90 Å². The Morgan fingerprint density at radius 2 is 1.25 bits per heavy atom. The maximum absolute atomic E-state index is 10.8. The molecule has 0 aromatic carbocycles. The SMILES string of the molecule is O[C@H](CN1CCC(CCOC(C2CCCCC2)C2CCCCC2)[C@H](O)C1)C1CCCCC1. The maximum atomic E-state index is 10.8. The molecule has 4 aliphatic rings. The first-order valence-electron chi connectivity index (χ1n) is 14.4. The van der Waals surface area contributed by atoms with Gasteiger partial charge >= 0.3 is 0 Å². The molecule has 0 radical (unpaired) electrons. The van der Waals surface area contributed by atoms with Crippen molar-refractivity contribution in [2.24, 2.45) is 23.7 Å². The summed E-state index contributed by atoms with van der Waals surface area (Å²) in [6, 6.07) is 0. The van der Waals surface area contributed by atoms with E-state index in [1.807, 2.05) is 0 Å². The first kappa shape index (κ1) is 24.9. The lowest BCUT2D eigenvalue weighted by Crippen LogP contribution is -2.48. The number of hydrogen-bond acceptors (Lipinski definition) is 4. The second-order valence-corrected chi connectivity index (χ2v) is 11.8. The molecule has 2 N–H and O–H groups in total. The van der Waals surface area contributed by atoms with Crippen LogP contribution < -0.4 is 0 Å². The number of rotatable bonds is 9. The van der Waals surface area contributed by atoms with Crippen LogP contribution in [0.3, 0.4) is 0 Å². The van der Waals surface area contributed by atoms with Crippen molar-refractivity contribution in [3.63, 3.8) is 0 Å². The van der Waals surface area contributed by atoms with Gasteiger partial charge in [-0.1, -0.05) is 57.8 Å². The molecule has 32 heavy (non-hydrogen) atoms. The molecule has 3 saturated carbocycles. The van der Waals surface area contributed by atoms with Crippen molar-refractivity contribution in [3.8, 4) is 0 Å². The number of nitrogens with zero attached hydrogens (tertiary/aromatic N) is 1.